The van der Waals surface area contributed by atoms with Crippen molar-refractivity contribution in [3.8, 4) is 0 Å². The van der Waals surface area contributed by atoms with Crippen molar-refractivity contribution in [2.24, 2.45) is 0 Å². The van der Waals surface area contributed by atoms with Crippen LogP contribution < -0.4 is 5.32 Å². The summed E-state index contributed by atoms with van der Waals surface area (Å²) in [5.74, 6) is -0.982. The number of nitrogens with one attached hydrogen (secondary N) is 1. The van der Waals surface area contributed by atoms with Crippen LogP contribution in [0.5, 0.6) is 0 Å². The Morgan fingerprint density at radius 3 is 2.55 bits per heavy atom. The topological polar surface area (TPSA) is 104 Å². The Hall–Kier alpha value is -1.15. The summed E-state index contributed by atoms with van der Waals surface area (Å²) in [6.45, 7) is 0.580. The van der Waals surface area contributed by atoms with Gasteiger partial charge in [-0.15, -0.1) is 0 Å². The van der Waals surface area contributed by atoms with E-state index in [1.807, 2.05) is 0 Å². The number of carboxylic acid groups (broad SMARTS) is 1. The van der Waals surface area contributed by atoms with Crippen molar-refractivity contribution in [2.45, 2.75) is 37.8 Å². The molecule has 0 spiro atoms. The van der Waals surface area contributed by atoms with Gasteiger partial charge >= 0.3 is 5.97 Å². The van der Waals surface area contributed by atoms with Crippen molar-refractivity contribution in [3.63, 3.8) is 0 Å². The van der Waals surface area contributed by atoms with E-state index in [1.54, 1.807) is 4.90 Å². The maximum atomic E-state index is 12.2. The van der Waals surface area contributed by atoms with Crippen LogP contribution in [0.2, 0.25) is 0 Å². The quantitative estimate of drug-likeness (QED) is 0.668. The second kappa shape index (κ2) is 6.09. The fourth-order valence-corrected chi connectivity index (χ4v) is 3.88. The fraction of sp³-hybridized carbons (Fsp3) is 0.833. The van der Waals surface area contributed by atoms with Crippen LogP contribution in [0.3, 0.4) is 0 Å². The number of carbonyl (C=O) groups is 2. The van der Waals surface area contributed by atoms with Crippen molar-refractivity contribution in [2.75, 3.05) is 24.6 Å². The smallest absolute Gasteiger partial charge is 0.305 e. The third kappa shape index (κ3) is 4.45. The van der Waals surface area contributed by atoms with Gasteiger partial charge in [-0.1, -0.05) is 0 Å². The summed E-state index contributed by atoms with van der Waals surface area (Å²) in [5, 5.41) is 11.7. The highest BCUT2D eigenvalue weighted by Crippen LogP contribution is 2.28. The predicted octanol–water partition coefficient (Wildman–Crippen LogP) is -0.771. The predicted molar refractivity (Wildman–Crippen MR) is 72.0 cm³/mol. The van der Waals surface area contributed by atoms with Crippen LogP contribution in [0.25, 0.3) is 0 Å². The van der Waals surface area contributed by atoms with Gasteiger partial charge in [0.25, 0.3) is 0 Å². The fourth-order valence-electron chi connectivity index (χ4n) is 2.44. The van der Waals surface area contributed by atoms with Gasteiger partial charge in [0.1, 0.15) is 0 Å². The second-order valence-corrected chi connectivity index (χ2v) is 7.66. The lowest BCUT2D eigenvalue weighted by molar-refractivity contribution is -0.138. The monoisotopic (exact) mass is 304 g/mol. The van der Waals surface area contributed by atoms with Crippen LogP contribution in [-0.2, 0) is 19.4 Å². The largest absolute Gasteiger partial charge is 0.481 e. The van der Waals surface area contributed by atoms with Gasteiger partial charge in [-0.05, 0) is 12.8 Å². The first kappa shape index (κ1) is 15.2. The lowest BCUT2D eigenvalue weighted by atomic mass is 10.2. The van der Waals surface area contributed by atoms with Gasteiger partial charge in [0.15, 0.2) is 9.84 Å². The van der Waals surface area contributed by atoms with Crippen molar-refractivity contribution >= 4 is 21.7 Å². The van der Waals surface area contributed by atoms with E-state index >= 15 is 0 Å². The van der Waals surface area contributed by atoms with Gasteiger partial charge in [0.05, 0.1) is 17.9 Å². The van der Waals surface area contributed by atoms with Gasteiger partial charge in [0, 0.05) is 31.6 Å². The third-order valence-corrected chi connectivity index (χ3v) is 5.33. The number of hydrogen-bond donors (Lipinski definition) is 2. The van der Waals surface area contributed by atoms with Crippen LogP contribution in [-0.4, -0.2) is 67.0 Å². The Morgan fingerprint density at radius 1 is 1.30 bits per heavy atom. The maximum absolute atomic E-state index is 12.2. The van der Waals surface area contributed by atoms with Gasteiger partial charge in [0.2, 0.25) is 5.91 Å². The molecule has 20 heavy (non-hydrogen) atoms. The van der Waals surface area contributed by atoms with Crippen molar-refractivity contribution < 1.29 is 23.1 Å². The molecular weight excluding hydrogens is 284 g/mol. The van der Waals surface area contributed by atoms with Gasteiger partial charge in [-0.3, -0.25) is 9.59 Å². The van der Waals surface area contributed by atoms with Crippen LogP contribution in [0.1, 0.15) is 25.7 Å². The number of aliphatic carboxylic acids is 1. The average molecular weight is 304 g/mol. The lowest BCUT2D eigenvalue weighted by Gasteiger charge is -2.27. The minimum absolute atomic E-state index is 0.0177. The first-order valence-corrected chi connectivity index (χ1v) is 8.64. The Labute approximate surface area is 118 Å². The molecular formula is C12H20N2O5S. The molecule has 8 heteroatoms. The standard InChI is InChI=1S/C12H20N2O5S/c15-11(7-9-8-20(18,19)6-4-13-9)14(10-1-2-10)5-3-12(16)17/h9-10,13H,1-8H2,(H,16,17). The number of carbonyl (C=O) groups excluding carboxylic acids is 1. The molecule has 114 valence electrons. The van der Waals surface area contributed by atoms with Crippen LogP contribution in [0.4, 0.5) is 0 Å². The zero-order valence-electron chi connectivity index (χ0n) is 11.2. The van der Waals surface area contributed by atoms with E-state index in [0.717, 1.165) is 12.8 Å². The van der Waals surface area contributed by atoms with Gasteiger partial charge < -0.3 is 15.3 Å². The van der Waals surface area contributed by atoms with E-state index in [0.29, 0.717) is 6.54 Å². The summed E-state index contributed by atoms with van der Waals surface area (Å²) >= 11 is 0. The molecule has 2 aliphatic rings. The first-order chi connectivity index (χ1) is 9.37. The van der Waals surface area contributed by atoms with E-state index in [2.05, 4.69) is 5.32 Å². The van der Waals surface area contributed by atoms with Crippen LogP contribution in [0, 0.1) is 0 Å². The van der Waals surface area contributed by atoms with Crippen LogP contribution >= 0.6 is 0 Å². The molecule has 1 heterocycles. The number of nitrogens with zero attached hydrogens (tertiary/aromatic N) is 1. The van der Waals surface area contributed by atoms with E-state index in [9.17, 15) is 18.0 Å². The Kier molecular flexibility index (Phi) is 4.64. The summed E-state index contributed by atoms with van der Waals surface area (Å²) in [4.78, 5) is 24.4. The van der Waals surface area contributed by atoms with E-state index in [4.69, 9.17) is 5.11 Å². The molecule has 2 rings (SSSR count). The van der Waals surface area contributed by atoms with Crippen molar-refractivity contribution in [3.05, 3.63) is 0 Å². The Bertz CT molecular complexity index is 486. The van der Waals surface area contributed by atoms with Gasteiger partial charge in [-0.25, -0.2) is 8.42 Å². The minimum atomic E-state index is -3.06. The van der Waals surface area contributed by atoms with Crippen molar-refractivity contribution in [1.82, 2.24) is 10.2 Å². The zero-order chi connectivity index (χ0) is 14.8. The first-order valence-electron chi connectivity index (χ1n) is 6.82. The molecule has 2 N–H and O–H groups in total. The Balaban J connectivity index is 1.89. The molecule has 1 saturated carbocycles. The summed E-state index contributed by atoms with van der Waals surface area (Å²) in [7, 11) is -3.06. The molecule has 0 aromatic carbocycles. The van der Waals surface area contributed by atoms with E-state index < -0.39 is 15.8 Å². The molecule has 0 aromatic heterocycles. The summed E-state index contributed by atoms with van der Waals surface area (Å²) in [5.41, 5.74) is 0. The molecule has 1 saturated heterocycles. The number of hydrogen-bond acceptors (Lipinski definition) is 5. The molecule has 1 amide bonds. The Morgan fingerprint density at radius 2 is 2.00 bits per heavy atom. The highest BCUT2D eigenvalue weighted by atomic mass is 32.2. The minimum Gasteiger partial charge on any atom is -0.481 e. The molecule has 0 bridgehead atoms. The average Bonchev–Trinajstić information content (AvgIpc) is 3.11. The normalized spacial score (nSPS) is 25.1. The molecule has 1 atom stereocenters. The molecule has 0 aromatic rings. The summed E-state index contributed by atoms with van der Waals surface area (Å²) in [6, 6.07) is -0.214. The highest BCUT2D eigenvalue weighted by Gasteiger charge is 2.34. The number of sulfone groups is 1. The molecule has 7 nitrogen and oxygen atoms in total. The maximum Gasteiger partial charge on any atom is 0.305 e. The third-order valence-electron chi connectivity index (χ3n) is 3.60. The zero-order valence-corrected chi connectivity index (χ0v) is 12.1. The number of carboxylic acids is 1. The lowest BCUT2D eigenvalue weighted by Crippen LogP contribution is -2.48. The highest BCUT2D eigenvalue weighted by molar-refractivity contribution is 7.91. The summed E-state index contributed by atoms with van der Waals surface area (Å²) < 4.78 is 23.1. The number of amides is 1. The van der Waals surface area contributed by atoms with Crippen molar-refractivity contribution in [1.29, 1.82) is 0 Å². The molecule has 0 radical (unpaired) electrons. The second-order valence-electron chi connectivity index (χ2n) is 5.43. The molecule has 1 unspecified atom stereocenters. The van der Waals surface area contributed by atoms with E-state index in [1.165, 1.54) is 0 Å². The number of rotatable bonds is 6. The SMILES string of the molecule is O=C(O)CCN(C(=O)CC1CS(=O)(=O)CCN1)C1CC1. The summed E-state index contributed by atoms with van der Waals surface area (Å²) in [6.07, 6.45) is 1.86. The van der Waals surface area contributed by atoms with Gasteiger partial charge in [-0.2, -0.15) is 0 Å². The van der Waals surface area contributed by atoms with E-state index in [-0.39, 0.29) is 48.9 Å². The molecule has 2 fully saturated rings. The molecule has 1 aliphatic heterocycles. The van der Waals surface area contributed by atoms with Crippen LogP contribution in [0.15, 0.2) is 0 Å². The molecule has 1 aliphatic carbocycles.